The standard InChI is InChI=1S/C20H28N4O3S/c1-4-27-19(25)17-16(13-24-11-9-23(2)10-12-24)21-20(26)22-18(17)14-5-7-15(28-3)8-6-14/h5-8,18H,4,9-13H2,1-3H3,(H2,21,22,26)/t18-/m0/s1. The van der Waals surface area contributed by atoms with Crippen LogP contribution < -0.4 is 10.6 Å². The molecular formula is C20H28N4O3S. The molecule has 1 aromatic carbocycles. The number of rotatable bonds is 6. The molecule has 1 atom stereocenters. The van der Waals surface area contributed by atoms with Gasteiger partial charge < -0.3 is 20.3 Å². The third-order valence-corrected chi connectivity index (χ3v) is 5.82. The molecule has 2 aliphatic rings. The summed E-state index contributed by atoms with van der Waals surface area (Å²) in [5.41, 5.74) is 1.98. The summed E-state index contributed by atoms with van der Waals surface area (Å²) in [4.78, 5) is 30.8. The molecule has 2 aliphatic heterocycles. The highest BCUT2D eigenvalue weighted by molar-refractivity contribution is 7.98. The molecular weight excluding hydrogens is 376 g/mol. The maximum atomic E-state index is 12.8. The minimum atomic E-state index is -0.522. The Morgan fingerprint density at radius 3 is 2.50 bits per heavy atom. The summed E-state index contributed by atoms with van der Waals surface area (Å²) in [6, 6.07) is 7.08. The Morgan fingerprint density at radius 2 is 1.89 bits per heavy atom. The van der Waals surface area contributed by atoms with Crippen molar-refractivity contribution >= 4 is 23.8 Å². The van der Waals surface area contributed by atoms with Crippen molar-refractivity contribution in [2.24, 2.45) is 0 Å². The first kappa shape index (κ1) is 20.7. The van der Waals surface area contributed by atoms with Crippen LogP contribution >= 0.6 is 11.8 Å². The van der Waals surface area contributed by atoms with Gasteiger partial charge in [-0.3, -0.25) is 4.90 Å². The summed E-state index contributed by atoms with van der Waals surface area (Å²) in [6.07, 6.45) is 2.01. The van der Waals surface area contributed by atoms with Crippen LogP contribution in [-0.4, -0.2) is 74.4 Å². The molecule has 0 aliphatic carbocycles. The van der Waals surface area contributed by atoms with Gasteiger partial charge in [-0.25, -0.2) is 9.59 Å². The second kappa shape index (κ2) is 9.45. The number of likely N-dealkylation sites (N-methyl/N-ethyl adjacent to an activating group) is 1. The van der Waals surface area contributed by atoms with Crippen molar-refractivity contribution in [1.82, 2.24) is 20.4 Å². The van der Waals surface area contributed by atoms with E-state index in [1.54, 1.807) is 18.7 Å². The van der Waals surface area contributed by atoms with E-state index in [-0.39, 0.29) is 12.6 Å². The third kappa shape index (κ3) is 4.87. The fraction of sp³-hybridized carbons (Fsp3) is 0.500. The number of esters is 1. The van der Waals surface area contributed by atoms with Gasteiger partial charge in [0.05, 0.1) is 18.2 Å². The molecule has 7 nitrogen and oxygen atoms in total. The number of hydrogen-bond acceptors (Lipinski definition) is 6. The highest BCUT2D eigenvalue weighted by Gasteiger charge is 2.34. The number of thioether (sulfide) groups is 1. The van der Waals surface area contributed by atoms with E-state index in [0.717, 1.165) is 36.6 Å². The van der Waals surface area contributed by atoms with Gasteiger partial charge in [0.25, 0.3) is 0 Å². The maximum Gasteiger partial charge on any atom is 0.338 e. The molecule has 3 rings (SSSR count). The first-order chi connectivity index (χ1) is 13.5. The number of piperazine rings is 1. The zero-order valence-corrected chi connectivity index (χ0v) is 17.5. The van der Waals surface area contributed by atoms with E-state index >= 15 is 0 Å². The first-order valence-electron chi connectivity index (χ1n) is 9.54. The molecule has 0 spiro atoms. The molecule has 0 bridgehead atoms. The fourth-order valence-corrected chi connectivity index (χ4v) is 3.88. The lowest BCUT2D eigenvalue weighted by Crippen LogP contribution is -2.51. The van der Waals surface area contributed by atoms with Gasteiger partial charge in [0.15, 0.2) is 0 Å². The molecule has 2 N–H and O–H groups in total. The van der Waals surface area contributed by atoms with Crippen molar-refractivity contribution < 1.29 is 14.3 Å². The number of benzene rings is 1. The lowest BCUT2D eigenvalue weighted by molar-refractivity contribution is -0.139. The van der Waals surface area contributed by atoms with Crippen LogP contribution in [0.25, 0.3) is 0 Å². The monoisotopic (exact) mass is 404 g/mol. The molecule has 0 saturated carbocycles. The fourth-order valence-electron chi connectivity index (χ4n) is 3.47. The van der Waals surface area contributed by atoms with Crippen LogP contribution in [0.3, 0.4) is 0 Å². The predicted octanol–water partition coefficient (Wildman–Crippen LogP) is 1.83. The molecule has 0 aromatic heterocycles. The van der Waals surface area contributed by atoms with Crippen LogP contribution in [0.5, 0.6) is 0 Å². The number of nitrogens with zero attached hydrogens (tertiary/aromatic N) is 2. The molecule has 1 saturated heterocycles. The van der Waals surface area contributed by atoms with Gasteiger partial charge in [-0.2, -0.15) is 0 Å². The number of nitrogens with one attached hydrogen (secondary N) is 2. The van der Waals surface area contributed by atoms with E-state index in [9.17, 15) is 9.59 Å². The van der Waals surface area contributed by atoms with Crippen molar-refractivity contribution in [2.75, 3.05) is 52.6 Å². The van der Waals surface area contributed by atoms with E-state index in [2.05, 4.69) is 27.5 Å². The summed E-state index contributed by atoms with van der Waals surface area (Å²) in [5, 5.41) is 5.75. The topological polar surface area (TPSA) is 73.9 Å². The Hall–Kier alpha value is -2.03. The van der Waals surface area contributed by atoms with Gasteiger partial charge in [-0.05, 0) is 37.9 Å². The molecule has 8 heteroatoms. The van der Waals surface area contributed by atoms with Crippen LogP contribution in [0.4, 0.5) is 4.79 Å². The highest BCUT2D eigenvalue weighted by atomic mass is 32.2. The average molecular weight is 405 g/mol. The molecule has 0 radical (unpaired) electrons. The van der Waals surface area contributed by atoms with Crippen LogP contribution in [0, 0.1) is 0 Å². The SMILES string of the molecule is CCOC(=O)C1=C(CN2CCN(C)CC2)NC(=O)N[C@H]1c1ccc(SC)cc1. The van der Waals surface area contributed by atoms with Gasteiger partial charge >= 0.3 is 12.0 Å². The van der Waals surface area contributed by atoms with Crippen LogP contribution in [0.2, 0.25) is 0 Å². The summed E-state index contributed by atoms with van der Waals surface area (Å²) in [5.74, 6) is -0.391. The lowest BCUT2D eigenvalue weighted by atomic mass is 9.95. The molecule has 1 fully saturated rings. The first-order valence-corrected chi connectivity index (χ1v) is 10.8. The van der Waals surface area contributed by atoms with Crippen LogP contribution in [0.1, 0.15) is 18.5 Å². The van der Waals surface area contributed by atoms with Crippen molar-refractivity contribution in [2.45, 2.75) is 17.9 Å². The summed E-state index contributed by atoms with van der Waals surface area (Å²) in [6.45, 7) is 6.32. The van der Waals surface area contributed by atoms with E-state index < -0.39 is 12.0 Å². The number of urea groups is 1. The Morgan fingerprint density at radius 1 is 1.21 bits per heavy atom. The smallest absolute Gasteiger partial charge is 0.338 e. The Kier molecular flexibility index (Phi) is 6.98. The molecule has 28 heavy (non-hydrogen) atoms. The normalized spacial score (nSPS) is 21.2. The van der Waals surface area contributed by atoms with Crippen molar-refractivity contribution in [3.8, 4) is 0 Å². The van der Waals surface area contributed by atoms with Crippen molar-refractivity contribution in [1.29, 1.82) is 0 Å². The third-order valence-electron chi connectivity index (χ3n) is 5.08. The van der Waals surface area contributed by atoms with Gasteiger partial charge in [-0.1, -0.05) is 12.1 Å². The molecule has 0 unspecified atom stereocenters. The predicted molar refractivity (Wildman–Crippen MR) is 110 cm³/mol. The lowest BCUT2D eigenvalue weighted by Gasteiger charge is -2.35. The van der Waals surface area contributed by atoms with Gasteiger partial charge in [0.1, 0.15) is 0 Å². The Balaban J connectivity index is 1.93. The Labute approximate surface area is 170 Å². The summed E-state index contributed by atoms with van der Waals surface area (Å²) < 4.78 is 5.33. The van der Waals surface area contributed by atoms with Gasteiger partial charge in [0, 0.05) is 43.3 Å². The van der Waals surface area contributed by atoms with Crippen molar-refractivity contribution in [3.05, 3.63) is 41.1 Å². The van der Waals surface area contributed by atoms with E-state index in [0.29, 0.717) is 17.8 Å². The maximum absolute atomic E-state index is 12.8. The quantitative estimate of drug-likeness (QED) is 0.557. The summed E-state index contributed by atoms with van der Waals surface area (Å²) >= 11 is 1.65. The number of carbonyl (C=O) groups is 2. The summed E-state index contributed by atoms with van der Waals surface area (Å²) in [7, 11) is 2.10. The van der Waals surface area contributed by atoms with E-state index in [1.165, 1.54) is 0 Å². The van der Waals surface area contributed by atoms with Gasteiger partial charge in [-0.15, -0.1) is 11.8 Å². The molecule has 152 valence electrons. The largest absolute Gasteiger partial charge is 0.463 e. The molecule has 1 aromatic rings. The average Bonchev–Trinajstić information content (AvgIpc) is 2.69. The minimum Gasteiger partial charge on any atom is -0.463 e. The van der Waals surface area contributed by atoms with Gasteiger partial charge in [0.2, 0.25) is 0 Å². The Bertz CT molecular complexity index is 742. The van der Waals surface area contributed by atoms with E-state index in [1.807, 2.05) is 30.5 Å². The number of carbonyl (C=O) groups excluding carboxylic acids is 2. The minimum absolute atomic E-state index is 0.288. The van der Waals surface area contributed by atoms with Crippen LogP contribution in [-0.2, 0) is 9.53 Å². The number of ether oxygens (including phenoxy) is 1. The van der Waals surface area contributed by atoms with Crippen molar-refractivity contribution in [3.63, 3.8) is 0 Å². The van der Waals surface area contributed by atoms with E-state index in [4.69, 9.17) is 4.74 Å². The second-order valence-corrected chi connectivity index (χ2v) is 7.88. The van der Waals surface area contributed by atoms with Crippen LogP contribution in [0.15, 0.2) is 40.4 Å². The number of amides is 2. The highest BCUT2D eigenvalue weighted by Crippen LogP contribution is 2.29. The zero-order chi connectivity index (χ0) is 20.1. The zero-order valence-electron chi connectivity index (χ0n) is 16.7. The number of hydrogen-bond donors (Lipinski definition) is 2. The molecule has 2 amide bonds. The second-order valence-electron chi connectivity index (χ2n) is 7.00. The molecule has 2 heterocycles.